The summed E-state index contributed by atoms with van der Waals surface area (Å²) < 4.78 is 13.4. The summed E-state index contributed by atoms with van der Waals surface area (Å²) in [5.41, 5.74) is 4.42. The Hall–Kier alpha value is -2.93. The second kappa shape index (κ2) is 11.2. The zero-order chi connectivity index (χ0) is 27.9. The summed E-state index contributed by atoms with van der Waals surface area (Å²) >= 11 is 12.5. The molecule has 2 aliphatic heterocycles. The molecule has 2 heterocycles. The monoisotopic (exact) mass is 579 g/mol. The first-order valence-corrected chi connectivity index (χ1v) is 14.7. The number of rotatable bonds is 5. The largest absolute Gasteiger partial charge is 0.345 e. The number of carbonyl (C=O) groups excluding carboxylic acids is 2. The van der Waals surface area contributed by atoms with Crippen molar-refractivity contribution < 1.29 is 14.0 Å². The van der Waals surface area contributed by atoms with E-state index in [1.54, 1.807) is 30.3 Å². The Morgan fingerprint density at radius 2 is 1.73 bits per heavy atom. The van der Waals surface area contributed by atoms with E-state index in [0.29, 0.717) is 27.7 Å². The molecule has 2 amide bonds. The van der Waals surface area contributed by atoms with Crippen molar-refractivity contribution in [2.75, 3.05) is 26.2 Å². The lowest BCUT2D eigenvalue weighted by Crippen LogP contribution is -2.42. The summed E-state index contributed by atoms with van der Waals surface area (Å²) in [6, 6.07) is 17.4. The Bertz CT molecular complexity index is 1450. The van der Waals surface area contributed by atoms with E-state index in [-0.39, 0.29) is 29.1 Å². The molecular formula is C32H32Cl2FN3O2. The molecule has 1 spiro atoms. The topological polar surface area (TPSA) is 52.7 Å². The summed E-state index contributed by atoms with van der Waals surface area (Å²) in [7, 11) is 0. The molecule has 1 aliphatic carbocycles. The van der Waals surface area contributed by atoms with Crippen LogP contribution in [0.15, 0.2) is 60.7 Å². The van der Waals surface area contributed by atoms with E-state index in [4.69, 9.17) is 23.2 Å². The molecule has 1 N–H and O–H groups in total. The van der Waals surface area contributed by atoms with Crippen molar-refractivity contribution in [1.29, 1.82) is 0 Å². The van der Waals surface area contributed by atoms with Gasteiger partial charge < -0.3 is 10.2 Å². The lowest BCUT2D eigenvalue weighted by molar-refractivity contribution is 0.0713. The van der Waals surface area contributed by atoms with Crippen LogP contribution in [0.2, 0.25) is 10.0 Å². The van der Waals surface area contributed by atoms with Crippen LogP contribution in [0.4, 0.5) is 4.39 Å². The van der Waals surface area contributed by atoms with Crippen molar-refractivity contribution in [1.82, 2.24) is 15.1 Å². The van der Waals surface area contributed by atoms with Gasteiger partial charge in [0.25, 0.3) is 11.8 Å². The molecule has 40 heavy (non-hydrogen) atoms. The van der Waals surface area contributed by atoms with Crippen LogP contribution in [0.25, 0.3) is 0 Å². The zero-order valence-corrected chi connectivity index (χ0v) is 23.8. The standard InChI is InChI=1S/C32H32Cl2FN3O2/c33-27-4-2-1-3-25(27)30(39)36-29-10-8-21-5-6-22(17-26(21)29)31(40)38-16-13-32(20-38)11-14-37(15-12-32)19-23-7-9-24(35)18-28(23)34/h1-7,9,17-18,29H,8,10-16,19-20H2,(H,36,39). The average molecular weight is 581 g/mol. The Kier molecular flexibility index (Phi) is 7.60. The van der Waals surface area contributed by atoms with E-state index in [1.807, 2.05) is 23.1 Å². The van der Waals surface area contributed by atoms with Gasteiger partial charge in [0.2, 0.25) is 0 Å². The van der Waals surface area contributed by atoms with Crippen molar-refractivity contribution in [3.8, 4) is 0 Å². The summed E-state index contributed by atoms with van der Waals surface area (Å²) in [4.78, 5) is 30.9. The first-order valence-electron chi connectivity index (χ1n) is 13.9. The van der Waals surface area contributed by atoms with Crippen LogP contribution in [0.5, 0.6) is 0 Å². The van der Waals surface area contributed by atoms with E-state index in [2.05, 4.69) is 10.2 Å². The number of hydrogen-bond acceptors (Lipinski definition) is 3. The van der Waals surface area contributed by atoms with Gasteiger partial charge in [0.05, 0.1) is 16.6 Å². The highest BCUT2D eigenvalue weighted by molar-refractivity contribution is 6.33. The number of carbonyl (C=O) groups is 2. The van der Waals surface area contributed by atoms with Crippen molar-refractivity contribution in [2.45, 2.75) is 44.7 Å². The summed E-state index contributed by atoms with van der Waals surface area (Å²) in [6.45, 7) is 4.09. The molecule has 1 atom stereocenters. The number of amides is 2. The SMILES string of the molecule is O=C(NC1CCc2ccc(C(=O)N3CCC4(CCN(Cc5ccc(F)cc5Cl)CC4)C3)cc21)c1ccccc1Cl. The highest BCUT2D eigenvalue weighted by Gasteiger charge is 2.42. The normalized spacial score (nSPS) is 20.1. The van der Waals surface area contributed by atoms with Crippen molar-refractivity contribution >= 4 is 35.0 Å². The molecular weight excluding hydrogens is 548 g/mol. The smallest absolute Gasteiger partial charge is 0.253 e. The molecule has 3 aliphatic rings. The average Bonchev–Trinajstić information content (AvgIpc) is 3.55. The fourth-order valence-corrected chi connectivity index (χ4v) is 6.99. The van der Waals surface area contributed by atoms with E-state index < -0.39 is 0 Å². The number of aryl methyl sites for hydroxylation is 1. The van der Waals surface area contributed by atoms with Gasteiger partial charge in [0.1, 0.15) is 5.82 Å². The first-order chi connectivity index (χ1) is 19.3. The molecule has 208 valence electrons. The third-order valence-electron chi connectivity index (χ3n) is 8.95. The Morgan fingerprint density at radius 1 is 0.950 bits per heavy atom. The van der Waals surface area contributed by atoms with Gasteiger partial charge in [0, 0.05) is 30.2 Å². The van der Waals surface area contributed by atoms with Crippen LogP contribution in [0, 0.1) is 11.2 Å². The van der Waals surface area contributed by atoms with Gasteiger partial charge in [0.15, 0.2) is 0 Å². The minimum atomic E-state index is -0.317. The molecule has 3 aromatic rings. The second-order valence-corrected chi connectivity index (χ2v) is 12.3. The molecule has 1 unspecified atom stereocenters. The number of nitrogens with one attached hydrogen (secondary N) is 1. The van der Waals surface area contributed by atoms with Crippen molar-refractivity contribution in [3.63, 3.8) is 0 Å². The fourth-order valence-electron chi connectivity index (χ4n) is 6.54. The highest BCUT2D eigenvalue weighted by Crippen LogP contribution is 2.41. The van der Waals surface area contributed by atoms with Gasteiger partial charge in [-0.25, -0.2) is 4.39 Å². The minimum absolute atomic E-state index is 0.0586. The van der Waals surface area contributed by atoms with Crippen LogP contribution >= 0.6 is 23.2 Å². The fraction of sp³-hybridized carbons (Fsp3) is 0.375. The summed E-state index contributed by atoms with van der Waals surface area (Å²) in [6.07, 6.45) is 4.72. The van der Waals surface area contributed by atoms with E-state index in [1.165, 1.54) is 17.7 Å². The number of piperidine rings is 1. The van der Waals surface area contributed by atoms with Crippen LogP contribution in [-0.2, 0) is 13.0 Å². The third kappa shape index (κ3) is 5.50. The molecule has 8 heteroatoms. The van der Waals surface area contributed by atoms with Crippen LogP contribution in [0.1, 0.15) is 69.1 Å². The van der Waals surface area contributed by atoms with E-state index in [9.17, 15) is 14.0 Å². The predicted molar refractivity (Wildman–Crippen MR) is 155 cm³/mol. The maximum atomic E-state index is 13.6. The molecule has 6 rings (SSSR count). The molecule has 2 fully saturated rings. The number of halogens is 3. The minimum Gasteiger partial charge on any atom is -0.345 e. The third-order valence-corrected chi connectivity index (χ3v) is 9.63. The predicted octanol–water partition coefficient (Wildman–Crippen LogP) is 6.68. The van der Waals surface area contributed by atoms with E-state index >= 15 is 0 Å². The van der Waals surface area contributed by atoms with Crippen molar-refractivity contribution in [2.24, 2.45) is 5.41 Å². The molecule has 2 saturated heterocycles. The van der Waals surface area contributed by atoms with Gasteiger partial charge in [-0.3, -0.25) is 14.5 Å². The van der Waals surface area contributed by atoms with E-state index in [0.717, 1.165) is 69.4 Å². The Balaban J connectivity index is 1.08. The van der Waals surface area contributed by atoms with Gasteiger partial charge in [-0.05, 0) is 104 Å². The molecule has 0 radical (unpaired) electrons. The maximum absolute atomic E-state index is 13.6. The first kappa shape index (κ1) is 27.3. The van der Waals surface area contributed by atoms with Crippen LogP contribution in [-0.4, -0.2) is 47.8 Å². The Labute approximate surface area is 244 Å². The maximum Gasteiger partial charge on any atom is 0.253 e. The number of hydrogen-bond donors (Lipinski definition) is 1. The summed E-state index contributed by atoms with van der Waals surface area (Å²) in [5.74, 6) is -0.458. The number of nitrogens with zero attached hydrogens (tertiary/aromatic N) is 2. The van der Waals surface area contributed by atoms with Gasteiger partial charge >= 0.3 is 0 Å². The molecule has 0 aromatic heterocycles. The lowest BCUT2D eigenvalue weighted by atomic mass is 9.77. The van der Waals surface area contributed by atoms with Crippen molar-refractivity contribution in [3.05, 3.63) is 104 Å². The van der Waals surface area contributed by atoms with Gasteiger partial charge in [-0.2, -0.15) is 0 Å². The summed E-state index contributed by atoms with van der Waals surface area (Å²) in [5, 5.41) is 4.02. The molecule has 5 nitrogen and oxygen atoms in total. The number of fused-ring (bicyclic) bond motifs is 1. The quantitative estimate of drug-likeness (QED) is 0.367. The number of benzene rings is 3. The zero-order valence-electron chi connectivity index (χ0n) is 22.3. The lowest BCUT2D eigenvalue weighted by Gasteiger charge is -2.39. The molecule has 3 aromatic carbocycles. The number of likely N-dealkylation sites (tertiary alicyclic amines) is 2. The Morgan fingerprint density at radius 3 is 2.50 bits per heavy atom. The second-order valence-electron chi connectivity index (χ2n) is 11.4. The van der Waals surface area contributed by atoms with Gasteiger partial charge in [-0.1, -0.05) is 47.5 Å². The van der Waals surface area contributed by atoms with Crippen LogP contribution in [0.3, 0.4) is 0 Å². The van der Waals surface area contributed by atoms with Gasteiger partial charge in [-0.15, -0.1) is 0 Å². The highest BCUT2D eigenvalue weighted by atomic mass is 35.5. The van der Waals surface area contributed by atoms with Crippen LogP contribution < -0.4 is 5.32 Å². The molecule has 0 saturated carbocycles. The molecule has 0 bridgehead atoms.